The quantitative estimate of drug-likeness (QED) is 0.510. The summed E-state index contributed by atoms with van der Waals surface area (Å²) >= 11 is 0. The molecule has 1 saturated carbocycles. The van der Waals surface area contributed by atoms with E-state index in [4.69, 9.17) is 0 Å². The van der Waals surface area contributed by atoms with E-state index in [2.05, 4.69) is 24.3 Å². The molecular weight excluding hydrogens is 124 g/mol. The third kappa shape index (κ3) is 0.789. The summed E-state index contributed by atoms with van der Waals surface area (Å²) in [4.78, 5) is 2.39. The number of rotatable bonds is 1. The molecule has 2 unspecified atom stereocenters. The highest BCUT2D eigenvalue weighted by molar-refractivity contribution is 5.08. The van der Waals surface area contributed by atoms with Crippen molar-refractivity contribution in [3.05, 3.63) is 0 Å². The average Bonchev–Trinajstić information content (AvgIpc) is 2.32. The van der Waals surface area contributed by atoms with E-state index in [1.807, 2.05) is 0 Å². The van der Waals surface area contributed by atoms with Gasteiger partial charge in [0.1, 0.15) is 0 Å². The summed E-state index contributed by atoms with van der Waals surface area (Å²) in [5, 5.41) is 2.46. The van der Waals surface area contributed by atoms with E-state index >= 15 is 0 Å². The standard InChI is InChI=1S/C8H16N2/c1-10(2)7-5-8(7)3-4-9-6-8/h7,9H,3-6H2,1-2H3/p+1. The van der Waals surface area contributed by atoms with Crippen LogP contribution >= 0.6 is 0 Å². The van der Waals surface area contributed by atoms with Crippen molar-refractivity contribution in [2.75, 3.05) is 27.2 Å². The minimum Gasteiger partial charge on any atom is -0.346 e. The zero-order chi connectivity index (χ0) is 7.19. The minimum absolute atomic E-state index is 0.753. The molecule has 2 nitrogen and oxygen atoms in total. The fourth-order valence-corrected chi connectivity index (χ4v) is 2.43. The van der Waals surface area contributed by atoms with Gasteiger partial charge in [-0.1, -0.05) is 0 Å². The molecule has 1 heterocycles. The summed E-state index contributed by atoms with van der Waals surface area (Å²) in [6, 6.07) is 0.909. The molecule has 2 N–H and O–H groups in total. The maximum absolute atomic E-state index is 2.46. The molecule has 0 aromatic carbocycles. The summed E-state index contributed by atoms with van der Waals surface area (Å²) in [7, 11) is 4.41. The van der Waals surface area contributed by atoms with Gasteiger partial charge in [0.25, 0.3) is 0 Å². The second-order valence-electron chi connectivity index (χ2n) is 4.08. The van der Waals surface area contributed by atoms with Crippen molar-refractivity contribution in [2.24, 2.45) is 5.41 Å². The SMILES string of the molecule is CN(C)C1CC12CC[NH2+]C2. The fraction of sp³-hybridized carbons (Fsp3) is 1.00. The van der Waals surface area contributed by atoms with E-state index in [1.54, 1.807) is 0 Å². The van der Waals surface area contributed by atoms with Gasteiger partial charge in [-0.2, -0.15) is 0 Å². The van der Waals surface area contributed by atoms with Crippen LogP contribution in [0.3, 0.4) is 0 Å². The maximum atomic E-state index is 2.46. The van der Waals surface area contributed by atoms with E-state index in [1.165, 1.54) is 25.9 Å². The summed E-state index contributed by atoms with van der Waals surface area (Å²) in [5.74, 6) is 0. The first kappa shape index (κ1) is 6.62. The molecule has 0 aromatic rings. The van der Waals surface area contributed by atoms with Gasteiger partial charge in [-0.05, 0) is 20.5 Å². The molecule has 2 atom stereocenters. The molecule has 58 valence electrons. The topological polar surface area (TPSA) is 19.9 Å². The summed E-state index contributed by atoms with van der Waals surface area (Å²) in [5.41, 5.74) is 0.753. The molecule has 2 rings (SSSR count). The average molecular weight is 141 g/mol. The first-order valence-electron chi connectivity index (χ1n) is 4.23. The lowest BCUT2D eigenvalue weighted by molar-refractivity contribution is -0.639. The van der Waals surface area contributed by atoms with Crippen molar-refractivity contribution in [1.82, 2.24) is 4.90 Å². The van der Waals surface area contributed by atoms with Crippen LogP contribution in [0.2, 0.25) is 0 Å². The molecule has 0 bridgehead atoms. The second-order valence-corrected chi connectivity index (χ2v) is 4.08. The third-order valence-corrected chi connectivity index (χ3v) is 3.17. The second kappa shape index (κ2) is 1.95. The van der Waals surface area contributed by atoms with Crippen molar-refractivity contribution in [3.8, 4) is 0 Å². The van der Waals surface area contributed by atoms with Gasteiger partial charge in [0.2, 0.25) is 0 Å². The predicted octanol–water partition coefficient (Wildman–Crippen LogP) is -0.726. The Morgan fingerprint density at radius 1 is 1.50 bits per heavy atom. The zero-order valence-corrected chi connectivity index (χ0v) is 6.93. The fourth-order valence-electron chi connectivity index (χ4n) is 2.43. The predicted molar refractivity (Wildman–Crippen MR) is 40.8 cm³/mol. The highest BCUT2D eigenvalue weighted by Gasteiger charge is 2.58. The molecule has 0 amide bonds. The summed E-state index contributed by atoms with van der Waals surface area (Å²) in [6.07, 6.45) is 2.91. The largest absolute Gasteiger partial charge is 0.346 e. The number of nitrogens with zero attached hydrogens (tertiary/aromatic N) is 1. The van der Waals surface area contributed by atoms with Crippen LogP contribution < -0.4 is 5.32 Å². The van der Waals surface area contributed by atoms with Crippen molar-refractivity contribution in [2.45, 2.75) is 18.9 Å². The van der Waals surface area contributed by atoms with Crippen molar-refractivity contribution >= 4 is 0 Å². The Hall–Kier alpha value is -0.0800. The van der Waals surface area contributed by atoms with Crippen LogP contribution in [0.1, 0.15) is 12.8 Å². The normalized spacial score (nSPS) is 45.3. The molecule has 0 aromatic heterocycles. The summed E-state index contributed by atoms with van der Waals surface area (Å²) < 4.78 is 0. The van der Waals surface area contributed by atoms with Gasteiger partial charge in [-0.25, -0.2) is 0 Å². The monoisotopic (exact) mass is 141 g/mol. The lowest BCUT2D eigenvalue weighted by atomic mass is 10.1. The van der Waals surface area contributed by atoms with Crippen molar-refractivity contribution < 1.29 is 5.32 Å². The van der Waals surface area contributed by atoms with Crippen molar-refractivity contribution in [3.63, 3.8) is 0 Å². The molecule has 1 saturated heterocycles. The molecule has 2 aliphatic rings. The Balaban J connectivity index is 1.97. The van der Waals surface area contributed by atoms with Crippen LogP contribution in [0.25, 0.3) is 0 Å². The minimum atomic E-state index is 0.753. The van der Waals surface area contributed by atoms with E-state index in [-0.39, 0.29) is 0 Å². The molecule has 0 radical (unpaired) electrons. The van der Waals surface area contributed by atoms with Crippen LogP contribution in [0.4, 0.5) is 0 Å². The molecule has 2 heteroatoms. The van der Waals surface area contributed by atoms with Crippen LogP contribution in [0, 0.1) is 5.41 Å². The highest BCUT2D eigenvalue weighted by Crippen LogP contribution is 2.51. The Labute approximate surface area is 62.6 Å². The van der Waals surface area contributed by atoms with Gasteiger partial charge in [0.15, 0.2) is 0 Å². The van der Waals surface area contributed by atoms with Crippen LogP contribution in [0.15, 0.2) is 0 Å². The smallest absolute Gasteiger partial charge is 0.0830 e. The Kier molecular flexibility index (Phi) is 1.29. The molecule has 2 fully saturated rings. The van der Waals surface area contributed by atoms with Crippen molar-refractivity contribution in [1.29, 1.82) is 0 Å². The first-order chi connectivity index (χ1) is 4.75. The van der Waals surface area contributed by atoms with E-state index in [9.17, 15) is 0 Å². The third-order valence-electron chi connectivity index (χ3n) is 3.17. The summed E-state index contributed by atoms with van der Waals surface area (Å²) in [6.45, 7) is 2.75. The van der Waals surface area contributed by atoms with Gasteiger partial charge >= 0.3 is 0 Å². The first-order valence-corrected chi connectivity index (χ1v) is 4.23. The van der Waals surface area contributed by atoms with Gasteiger partial charge in [-0.15, -0.1) is 0 Å². The Bertz CT molecular complexity index is 136. The zero-order valence-electron chi connectivity index (χ0n) is 6.93. The number of hydrogen-bond donors (Lipinski definition) is 1. The molecular formula is C8H17N2+. The van der Waals surface area contributed by atoms with Crippen LogP contribution in [0.5, 0.6) is 0 Å². The van der Waals surface area contributed by atoms with Crippen LogP contribution in [-0.2, 0) is 0 Å². The van der Waals surface area contributed by atoms with E-state index in [0.717, 1.165) is 11.5 Å². The van der Waals surface area contributed by atoms with Gasteiger partial charge in [0.05, 0.1) is 13.1 Å². The number of nitrogens with two attached hydrogens (primary N) is 1. The van der Waals surface area contributed by atoms with E-state index < -0.39 is 0 Å². The van der Waals surface area contributed by atoms with Gasteiger partial charge < -0.3 is 10.2 Å². The number of hydrogen-bond acceptors (Lipinski definition) is 1. The highest BCUT2D eigenvalue weighted by atomic mass is 15.2. The Morgan fingerprint density at radius 3 is 2.70 bits per heavy atom. The molecule has 10 heavy (non-hydrogen) atoms. The number of quaternary nitrogens is 1. The van der Waals surface area contributed by atoms with Gasteiger partial charge in [0, 0.05) is 17.9 Å². The van der Waals surface area contributed by atoms with E-state index in [0.29, 0.717) is 0 Å². The molecule has 1 spiro atoms. The lowest BCUT2D eigenvalue weighted by Gasteiger charge is -2.11. The Morgan fingerprint density at radius 2 is 2.30 bits per heavy atom. The van der Waals surface area contributed by atoms with Gasteiger partial charge in [-0.3, -0.25) is 0 Å². The maximum Gasteiger partial charge on any atom is 0.0830 e. The molecule has 1 aliphatic carbocycles. The van der Waals surface area contributed by atoms with Crippen LogP contribution in [-0.4, -0.2) is 38.1 Å². The molecule has 1 aliphatic heterocycles. The lowest BCUT2D eigenvalue weighted by Crippen LogP contribution is -2.81.